The van der Waals surface area contributed by atoms with Crippen LogP contribution in [0.3, 0.4) is 0 Å². The van der Waals surface area contributed by atoms with Crippen LogP contribution in [0.2, 0.25) is 5.02 Å². The second kappa shape index (κ2) is 15.1. The minimum Gasteiger partial charge on any atom is -0.379 e. The number of hydrogen-bond donors (Lipinski definition) is 2. The molecule has 0 aliphatic carbocycles. The van der Waals surface area contributed by atoms with Crippen LogP contribution in [0.1, 0.15) is 51.7 Å². The number of ether oxygens (including phenoxy) is 1. The highest BCUT2D eigenvalue weighted by molar-refractivity contribution is 7.89. The first-order valence-electron chi connectivity index (χ1n) is 12.5. The maximum absolute atomic E-state index is 13.3. The minimum absolute atomic E-state index is 0.135. The van der Waals surface area contributed by atoms with Crippen molar-refractivity contribution in [3.05, 3.63) is 64.7 Å². The Bertz CT molecular complexity index is 1110. The predicted octanol–water partition coefficient (Wildman–Crippen LogP) is 3.92. The van der Waals surface area contributed by atoms with Crippen molar-refractivity contribution in [2.75, 3.05) is 19.7 Å². The van der Waals surface area contributed by atoms with Crippen LogP contribution in [0.4, 0.5) is 0 Å². The van der Waals surface area contributed by atoms with E-state index in [0.29, 0.717) is 37.6 Å². The summed E-state index contributed by atoms with van der Waals surface area (Å²) in [5.41, 5.74) is 1.69. The Balaban J connectivity index is 2.06. The lowest BCUT2D eigenvalue weighted by Gasteiger charge is -2.29. The van der Waals surface area contributed by atoms with Crippen molar-refractivity contribution in [3.63, 3.8) is 0 Å². The molecule has 2 rings (SSSR count). The molecule has 2 aromatic carbocycles. The molecule has 10 heteroatoms. The van der Waals surface area contributed by atoms with E-state index in [1.165, 1.54) is 12.1 Å². The van der Waals surface area contributed by atoms with E-state index in [-0.39, 0.29) is 35.8 Å². The molecule has 2 N–H and O–H groups in total. The average Bonchev–Trinajstić information content (AvgIpc) is 2.86. The second-order valence-corrected chi connectivity index (χ2v) is 11.2. The number of carbonyl (C=O) groups is 2. The third-order valence-corrected chi connectivity index (χ3v) is 7.51. The molecular weight excluding hydrogens is 514 g/mol. The molecule has 204 valence electrons. The van der Waals surface area contributed by atoms with E-state index < -0.39 is 16.1 Å². The molecule has 0 bridgehead atoms. The molecule has 1 atom stereocenters. The molecule has 0 saturated carbocycles. The Morgan fingerprint density at radius 1 is 1.00 bits per heavy atom. The maximum atomic E-state index is 13.3. The Hall–Kier alpha value is -2.46. The first-order chi connectivity index (χ1) is 17.5. The van der Waals surface area contributed by atoms with Crippen molar-refractivity contribution >= 4 is 33.4 Å². The Morgan fingerprint density at radius 2 is 1.62 bits per heavy atom. The summed E-state index contributed by atoms with van der Waals surface area (Å²) < 4.78 is 32.3. The Labute approximate surface area is 225 Å². The SMILES string of the molecule is CCNS(=O)(=O)c1ccc(CCC(=O)N(Cc2ccc(Cl)cc2)[C@H](C)C(=O)NCCCOC(C)C)cc1. The number of benzene rings is 2. The number of hydrogen-bond acceptors (Lipinski definition) is 5. The average molecular weight is 552 g/mol. The van der Waals surface area contributed by atoms with Gasteiger partial charge in [-0.15, -0.1) is 0 Å². The number of halogens is 1. The fourth-order valence-electron chi connectivity index (χ4n) is 3.62. The topological polar surface area (TPSA) is 105 Å². The minimum atomic E-state index is -3.53. The lowest BCUT2D eigenvalue weighted by Crippen LogP contribution is -2.48. The summed E-state index contributed by atoms with van der Waals surface area (Å²) in [7, 11) is -3.53. The van der Waals surface area contributed by atoms with Gasteiger partial charge in [0.2, 0.25) is 21.8 Å². The molecule has 2 amide bonds. The smallest absolute Gasteiger partial charge is 0.242 e. The van der Waals surface area contributed by atoms with E-state index in [1.54, 1.807) is 43.0 Å². The van der Waals surface area contributed by atoms with Gasteiger partial charge in [-0.1, -0.05) is 42.8 Å². The molecule has 0 aliphatic rings. The monoisotopic (exact) mass is 551 g/mol. The highest BCUT2D eigenvalue weighted by Crippen LogP contribution is 2.17. The van der Waals surface area contributed by atoms with Crippen LogP contribution in [0.5, 0.6) is 0 Å². The summed E-state index contributed by atoms with van der Waals surface area (Å²) in [6.07, 6.45) is 1.41. The molecule has 2 aromatic rings. The van der Waals surface area contributed by atoms with E-state index in [4.69, 9.17) is 16.3 Å². The third-order valence-electron chi connectivity index (χ3n) is 5.70. The normalized spacial score (nSPS) is 12.4. The predicted molar refractivity (Wildman–Crippen MR) is 146 cm³/mol. The van der Waals surface area contributed by atoms with E-state index in [2.05, 4.69) is 10.0 Å². The van der Waals surface area contributed by atoms with Crippen LogP contribution in [0.25, 0.3) is 0 Å². The zero-order chi connectivity index (χ0) is 27.4. The molecule has 0 radical (unpaired) electrons. The standard InChI is InChI=1S/C27H38ClN3O5S/c1-5-30-37(34,35)25-14-9-22(10-15-25)11-16-26(32)31(19-23-7-12-24(28)13-8-23)21(4)27(33)29-17-6-18-36-20(2)3/h7-10,12-15,20-21,30H,5-6,11,16-19H2,1-4H3,(H,29,33)/t21-/m1/s1. The van der Waals surface area contributed by atoms with Gasteiger partial charge in [-0.25, -0.2) is 13.1 Å². The Morgan fingerprint density at radius 3 is 2.22 bits per heavy atom. The lowest BCUT2D eigenvalue weighted by atomic mass is 10.1. The highest BCUT2D eigenvalue weighted by atomic mass is 35.5. The van der Waals surface area contributed by atoms with Crippen molar-refractivity contribution in [1.82, 2.24) is 14.9 Å². The van der Waals surface area contributed by atoms with Gasteiger partial charge in [-0.05, 0) is 69.0 Å². The van der Waals surface area contributed by atoms with E-state index in [0.717, 1.165) is 11.1 Å². The van der Waals surface area contributed by atoms with Crippen molar-refractivity contribution < 1.29 is 22.7 Å². The summed E-state index contributed by atoms with van der Waals surface area (Å²) in [4.78, 5) is 27.9. The van der Waals surface area contributed by atoms with Gasteiger partial charge < -0.3 is 15.0 Å². The van der Waals surface area contributed by atoms with E-state index >= 15 is 0 Å². The number of sulfonamides is 1. The molecule has 0 heterocycles. The Kier molecular flexibility index (Phi) is 12.5. The van der Waals surface area contributed by atoms with Crippen LogP contribution in [0.15, 0.2) is 53.4 Å². The summed E-state index contributed by atoms with van der Waals surface area (Å²) in [6, 6.07) is 13.0. The second-order valence-electron chi connectivity index (χ2n) is 9.03. The van der Waals surface area contributed by atoms with Crippen LogP contribution in [0, 0.1) is 0 Å². The van der Waals surface area contributed by atoms with Gasteiger partial charge in [-0.2, -0.15) is 0 Å². The molecule has 0 spiro atoms. The molecule has 0 aromatic heterocycles. The fourth-order valence-corrected chi connectivity index (χ4v) is 4.79. The van der Waals surface area contributed by atoms with Crippen molar-refractivity contribution in [2.24, 2.45) is 0 Å². The van der Waals surface area contributed by atoms with Gasteiger partial charge in [0.25, 0.3) is 0 Å². The van der Waals surface area contributed by atoms with Gasteiger partial charge in [0, 0.05) is 37.7 Å². The zero-order valence-electron chi connectivity index (χ0n) is 22.0. The molecule has 37 heavy (non-hydrogen) atoms. The van der Waals surface area contributed by atoms with Gasteiger partial charge in [-0.3, -0.25) is 9.59 Å². The number of carbonyl (C=O) groups excluding carboxylic acids is 2. The number of aryl methyl sites for hydroxylation is 1. The quantitative estimate of drug-likeness (QED) is 0.326. The molecular formula is C27H38ClN3O5S. The van der Waals surface area contributed by atoms with Crippen molar-refractivity contribution in [2.45, 2.75) is 70.5 Å². The van der Waals surface area contributed by atoms with Crippen LogP contribution in [-0.2, 0) is 37.3 Å². The van der Waals surface area contributed by atoms with Crippen LogP contribution < -0.4 is 10.0 Å². The van der Waals surface area contributed by atoms with Crippen LogP contribution >= 0.6 is 11.6 Å². The first kappa shape index (κ1) is 30.8. The summed E-state index contributed by atoms with van der Waals surface area (Å²) in [5, 5.41) is 3.49. The molecule has 0 fully saturated rings. The van der Waals surface area contributed by atoms with E-state index in [1.807, 2.05) is 26.0 Å². The molecule has 0 unspecified atom stereocenters. The summed E-state index contributed by atoms with van der Waals surface area (Å²) in [6.45, 7) is 8.93. The third kappa shape index (κ3) is 10.4. The van der Waals surface area contributed by atoms with Gasteiger partial charge in [0.15, 0.2) is 0 Å². The van der Waals surface area contributed by atoms with Crippen molar-refractivity contribution in [1.29, 1.82) is 0 Å². The highest BCUT2D eigenvalue weighted by Gasteiger charge is 2.26. The van der Waals surface area contributed by atoms with Gasteiger partial charge >= 0.3 is 0 Å². The van der Waals surface area contributed by atoms with Crippen LogP contribution in [-0.4, -0.2) is 57.0 Å². The fraction of sp³-hybridized carbons (Fsp3) is 0.481. The zero-order valence-corrected chi connectivity index (χ0v) is 23.6. The summed E-state index contributed by atoms with van der Waals surface area (Å²) >= 11 is 6.00. The number of amides is 2. The maximum Gasteiger partial charge on any atom is 0.242 e. The molecule has 8 nitrogen and oxygen atoms in total. The summed E-state index contributed by atoms with van der Waals surface area (Å²) in [5.74, 6) is -0.407. The van der Waals surface area contributed by atoms with E-state index in [9.17, 15) is 18.0 Å². The number of rotatable bonds is 15. The number of nitrogens with one attached hydrogen (secondary N) is 2. The molecule has 0 aliphatic heterocycles. The first-order valence-corrected chi connectivity index (χ1v) is 14.4. The molecule has 0 saturated heterocycles. The van der Waals surface area contributed by atoms with Gasteiger partial charge in [0.05, 0.1) is 11.0 Å². The largest absolute Gasteiger partial charge is 0.379 e. The van der Waals surface area contributed by atoms with Crippen molar-refractivity contribution in [3.8, 4) is 0 Å². The van der Waals surface area contributed by atoms with Gasteiger partial charge in [0.1, 0.15) is 6.04 Å². The lowest BCUT2D eigenvalue weighted by molar-refractivity contribution is -0.140. The number of nitrogens with zero attached hydrogens (tertiary/aromatic N) is 1.